The number of carbonyl (C=O) groups is 1. The van der Waals surface area contributed by atoms with Crippen LogP contribution in [0.5, 0.6) is 0 Å². The summed E-state index contributed by atoms with van der Waals surface area (Å²) >= 11 is 0. The number of benzene rings is 1. The van der Waals surface area contributed by atoms with Crippen molar-refractivity contribution in [3.05, 3.63) is 59.7 Å². The van der Waals surface area contributed by atoms with Crippen molar-refractivity contribution in [2.75, 3.05) is 51.8 Å². The van der Waals surface area contributed by atoms with Gasteiger partial charge < -0.3 is 29.7 Å². The maximum Gasteiger partial charge on any atom is 0.416 e. The quantitative estimate of drug-likeness (QED) is 0.136. The summed E-state index contributed by atoms with van der Waals surface area (Å²) in [5.41, 5.74) is 0.340. The van der Waals surface area contributed by atoms with Crippen LogP contribution in [0.1, 0.15) is 49.8 Å². The number of aliphatic carboxylic acids is 1. The number of nitrogens with zero attached hydrogens (tertiary/aromatic N) is 5. The molecule has 0 bridgehead atoms. The van der Waals surface area contributed by atoms with Crippen LogP contribution in [-0.4, -0.2) is 88.0 Å². The Morgan fingerprint density at radius 2 is 1.75 bits per heavy atom. The van der Waals surface area contributed by atoms with Gasteiger partial charge in [-0.25, -0.2) is 14.4 Å². The lowest BCUT2D eigenvalue weighted by atomic mass is 9.69. The van der Waals surface area contributed by atoms with Gasteiger partial charge in [0.2, 0.25) is 0 Å². The fraction of sp³-hybridized carbons (Fsp3) is 0.471. The maximum atomic E-state index is 14.5. The molecule has 6 rings (SSSR count). The Kier molecular flexibility index (Phi) is 13.7. The number of imidazole rings is 1. The van der Waals surface area contributed by atoms with E-state index < -0.39 is 29.1 Å². The SMILES string of the molecule is COCC1(CN(C)c2cc(-c3cc(F)cc(C(F)(F)F)c3)nc3nc(-c4ccc(C5(O)CCN(CCC(=O)O)CC5)nc4)[nH]c23)CCC1.Cl.Cl.Cl. The second kappa shape index (κ2) is 16.6. The third-order valence-corrected chi connectivity index (χ3v) is 9.65. The topological polar surface area (TPSA) is 128 Å². The monoisotopic (exact) mass is 778 g/mol. The molecule has 0 radical (unpaired) electrons. The molecule has 0 atom stereocenters. The molecule has 51 heavy (non-hydrogen) atoms. The van der Waals surface area contributed by atoms with E-state index in [2.05, 4.69) is 19.9 Å². The number of aromatic amines is 1. The molecule has 0 amide bonds. The van der Waals surface area contributed by atoms with Gasteiger partial charge in [-0.1, -0.05) is 6.42 Å². The first-order valence-corrected chi connectivity index (χ1v) is 15.9. The number of piperidine rings is 1. The standard InChI is InChI=1S/C34H38F4N6O4.3ClH/c1-43(19-32(20-48-2)7-3-8-32)26-17-25(22-14-23(34(36,37)38)16-24(35)15-22)40-31-29(26)41-30(42-31)21-4-5-27(39-18-21)33(47)9-12-44(13-10-33)11-6-28(45)46;;;/h4-5,14-18,47H,3,6-13,19-20H2,1-2H3,(H,45,46)(H,40,41,42);3*1H. The first-order chi connectivity index (χ1) is 22.8. The molecule has 0 spiro atoms. The molecule has 0 unspecified atom stereocenters. The molecule has 2 fully saturated rings. The molecular weight excluding hydrogens is 739 g/mol. The number of aromatic nitrogens is 4. The van der Waals surface area contributed by atoms with Crippen LogP contribution in [0.25, 0.3) is 33.8 Å². The molecule has 4 heterocycles. The summed E-state index contributed by atoms with van der Waals surface area (Å²) in [6.45, 7) is 2.70. The molecule has 2 aliphatic rings. The number of rotatable bonds is 11. The largest absolute Gasteiger partial charge is 0.481 e. The van der Waals surface area contributed by atoms with Crippen LogP contribution < -0.4 is 4.90 Å². The van der Waals surface area contributed by atoms with Crippen molar-refractivity contribution in [3.8, 4) is 22.6 Å². The predicted octanol–water partition coefficient (Wildman–Crippen LogP) is 7.12. The van der Waals surface area contributed by atoms with E-state index in [1.165, 1.54) is 0 Å². The second-order valence-corrected chi connectivity index (χ2v) is 13.1. The van der Waals surface area contributed by atoms with Crippen molar-refractivity contribution >= 4 is 60.0 Å². The van der Waals surface area contributed by atoms with E-state index in [1.807, 2.05) is 16.8 Å². The molecule has 280 valence electrons. The number of methoxy groups -OCH3 is 1. The van der Waals surface area contributed by atoms with Gasteiger partial charge >= 0.3 is 12.1 Å². The molecule has 1 saturated carbocycles. The smallest absolute Gasteiger partial charge is 0.416 e. The summed E-state index contributed by atoms with van der Waals surface area (Å²) in [5.74, 6) is -1.46. The van der Waals surface area contributed by atoms with E-state index >= 15 is 0 Å². The minimum atomic E-state index is -4.74. The molecule has 3 N–H and O–H groups in total. The highest BCUT2D eigenvalue weighted by atomic mass is 35.5. The Morgan fingerprint density at radius 3 is 2.31 bits per heavy atom. The van der Waals surface area contributed by atoms with Gasteiger partial charge in [0.15, 0.2) is 5.65 Å². The van der Waals surface area contributed by atoms with Crippen molar-refractivity contribution in [2.24, 2.45) is 5.41 Å². The zero-order valence-electron chi connectivity index (χ0n) is 28.0. The first-order valence-electron chi connectivity index (χ1n) is 15.9. The summed E-state index contributed by atoms with van der Waals surface area (Å²) < 4.78 is 60.8. The third-order valence-electron chi connectivity index (χ3n) is 9.65. The fourth-order valence-corrected chi connectivity index (χ4v) is 6.84. The Labute approximate surface area is 311 Å². The number of ether oxygens (including phenoxy) is 1. The number of halogens is 7. The summed E-state index contributed by atoms with van der Waals surface area (Å²) in [6, 6.07) is 7.54. The minimum Gasteiger partial charge on any atom is -0.481 e. The number of anilines is 1. The number of fused-ring (bicyclic) bond motifs is 1. The normalized spacial score (nSPS) is 16.7. The van der Waals surface area contributed by atoms with E-state index in [0.29, 0.717) is 80.0 Å². The Balaban J connectivity index is 0.00000234. The number of alkyl halides is 3. The number of H-pyrrole nitrogens is 1. The number of nitrogens with one attached hydrogen (secondary N) is 1. The van der Waals surface area contributed by atoms with Crippen LogP contribution in [0.3, 0.4) is 0 Å². The van der Waals surface area contributed by atoms with Gasteiger partial charge in [-0.3, -0.25) is 9.78 Å². The summed E-state index contributed by atoms with van der Waals surface area (Å²) in [4.78, 5) is 32.1. The Bertz CT molecular complexity index is 1800. The van der Waals surface area contributed by atoms with Crippen LogP contribution >= 0.6 is 37.2 Å². The number of likely N-dealkylation sites (tertiary alicyclic amines) is 1. The Hall–Kier alpha value is -3.27. The van der Waals surface area contributed by atoms with Gasteiger partial charge in [0.25, 0.3) is 0 Å². The number of pyridine rings is 2. The lowest BCUT2D eigenvalue weighted by Crippen LogP contribution is -2.44. The fourth-order valence-electron chi connectivity index (χ4n) is 6.84. The van der Waals surface area contributed by atoms with Crippen molar-refractivity contribution in [3.63, 3.8) is 0 Å². The van der Waals surface area contributed by atoms with Gasteiger partial charge in [0, 0.05) is 63.1 Å². The number of aliphatic hydroxyl groups is 1. The van der Waals surface area contributed by atoms with Gasteiger partial charge in [0.1, 0.15) is 22.8 Å². The average Bonchev–Trinajstić information content (AvgIpc) is 3.47. The highest BCUT2D eigenvalue weighted by Crippen LogP contribution is 2.43. The van der Waals surface area contributed by atoms with Crippen LogP contribution in [0, 0.1) is 11.2 Å². The van der Waals surface area contributed by atoms with E-state index in [4.69, 9.17) is 9.84 Å². The summed E-state index contributed by atoms with van der Waals surface area (Å²) in [7, 11) is 3.56. The van der Waals surface area contributed by atoms with Crippen LogP contribution in [0.4, 0.5) is 23.2 Å². The molecule has 3 aromatic heterocycles. The maximum absolute atomic E-state index is 14.5. The van der Waals surface area contributed by atoms with E-state index in [1.54, 1.807) is 31.5 Å². The second-order valence-electron chi connectivity index (χ2n) is 13.1. The lowest BCUT2D eigenvalue weighted by molar-refractivity contribution is -0.138. The highest BCUT2D eigenvalue weighted by molar-refractivity contribution is 5.91. The molecular formula is C34H41Cl3F4N6O4. The van der Waals surface area contributed by atoms with Gasteiger partial charge in [-0.15, -0.1) is 37.2 Å². The number of carboxylic acids is 1. The van der Waals surface area contributed by atoms with Gasteiger partial charge in [-0.05, 0) is 62.1 Å². The molecule has 1 aliphatic carbocycles. The van der Waals surface area contributed by atoms with Crippen LogP contribution in [0.2, 0.25) is 0 Å². The van der Waals surface area contributed by atoms with Crippen LogP contribution in [-0.2, 0) is 21.3 Å². The van der Waals surface area contributed by atoms with Gasteiger partial charge in [0.05, 0.1) is 35.7 Å². The zero-order chi connectivity index (χ0) is 34.3. The van der Waals surface area contributed by atoms with Crippen molar-refractivity contribution in [1.29, 1.82) is 0 Å². The van der Waals surface area contributed by atoms with Crippen LogP contribution in [0.15, 0.2) is 42.6 Å². The number of carboxylic acid groups (broad SMARTS) is 1. The zero-order valence-corrected chi connectivity index (χ0v) is 30.5. The predicted molar refractivity (Wildman–Crippen MR) is 193 cm³/mol. The molecule has 4 aromatic rings. The summed E-state index contributed by atoms with van der Waals surface area (Å²) in [6.07, 6.45) is 0.749. The molecule has 1 saturated heterocycles. The van der Waals surface area contributed by atoms with Crippen molar-refractivity contribution < 1.29 is 37.3 Å². The molecule has 1 aromatic carbocycles. The summed E-state index contributed by atoms with van der Waals surface area (Å²) in [5, 5.41) is 20.3. The molecule has 1 aliphatic heterocycles. The lowest BCUT2D eigenvalue weighted by Gasteiger charge is -2.44. The van der Waals surface area contributed by atoms with Crippen molar-refractivity contribution in [2.45, 2.75) is 50.3 Å². The number of hydrogen-bond acceptors (Lipinski definition) is 8. The molecule has 10 nitrogen and oxygen atoms in total. The minimum absolute atomic E-state index is 0. The third kappa shape index (κ3) is 9.21. The first kappa shape index (κ1) is 42.1. The van der Waals surface area contributed by atoms with Crippen molar-refractivity contribution in [1.82, 2.24) is 24.8 Å². The number of hydrogen-bond donors (Lipinski definition) is 3. The Morgan fingerprint density at radius 1 is 1.04 bits per heavy atom. The van der Waals surface area contributed by atoms with E-state index in [-0.39, 0.29) is 66.0 Å². The van der Waals surface area contributed by atoms with E-state index in [0.717, 1.165) is 31.4 Å². The van der Waals surface area contributed by atoms with E-state index in [9.17, 15) is 27.5 Å². The highest BCUT2D eigenvalue weighted by Gasteiger charge is 2.39. The van der Waals surface area contributed by atoms with Gasteiger partial charge in [-0.2, -0.15) is 13.2 Å². The molecule has 17 heteroatoms. The average molecular weight is 780 g/mol.